The first-order chi connectivity index (χ1) is 13.2. The van der Waals surface area contributed by atoms with Crippen molar-refractivity contribution in [2.45, 2.75) is 6.42 Å². The third-order valence-corrected chi connectivity index (χ3v) is 4.44. The Morgan fingerprint density at radius 3 is 2.74 bits per heavy atom. The first-order valence-corrected chi connectivity index (χ1v) is 8.94. The molecule has 0 aliphatic carbocycles. The molecule has 1 aromatic carbocycles. The molecule has 0 atom stereocenters. The highest BCUT2D eigenvalue weighted by Gasteiger charge is 2.14. The van der Waals surface area contributed by atoms with Gasteiger partial charge in [0, 0.05) is 25.2 Å². The molecule has 0 saturated carbocycles. The molecule has 1 fully saturated rings. The van der Waals surface area contributed by atoms with Gasteiger partial charge in [-0.3, -0.25) is 14.7 Å². The Hall–Kier alpha value is -2.89. The summed E-state index contributed by atoms with van der Waals surface area (Å²) in [6, 6.07) is 9.05. The van der Waals surface area contributed by atoms with Crippen LogP contribution in [0.15, 0.2) is 29.1 Å². The molecule has 27 heavy (non-hydrogen) atoms. The van der Waals surface area contributed by atoms with E-state index in [1.807, 2.05) is 6.07 Å². The predicted molar refractivity (Wildman–Crippen MR) is 102 cm³/mol. The van der Waals surface area contributed by atoms with Gasteiger partial charge in [0.2, 0.25) is 5.95 Å². The number of rotatable bonds is 7. The van der Waals surface area contributed by atoms with Crippen LogP contribution >= 0.6 is 0 Å². The molecule has 2 aromatic rings. The molecule has 0 spiro atoms. The van der Waals surface area contributed by atoms with Crippen molar-refractivity contribution in [1.82, 2.24) is 14.9 Å². The fraction of sp³-hybridized carbons (Fsp3) is 0.421. The molecule has 1 aliphatic rings. The van der Waals surface area contributed by atoms with Gasteiger partial charge in [0.15, 0.2) is 0 Å². The lowest BCUT2D eigenvalue weighted by Gasteiger charge is -2.26. The number of ether oxygens (including phenoxy) is 2. The van der Waals surface area contributed by atoms with E-state index in [9.17, 15) is 10.1 Å². The van der Waals surface area contributed by atoms with Gasteiger partial charge in [-0.15, -0.1) is 0 Å². The summed E-state index contributed by atoms with van der Waals surface area (Å²) in [6.45, 7) is 5.10. The standard InChI is InChI=1S/C19H23N5O3/c1-26-15-5-3-14(4-6-15)17-16(13-20)18(25)23-19(22-17)21-7-2-8-24-9-11-27-12-10-24/h3-6H,2,7-12H2,1H3,(H2,21,22,23,25). The minimum atomic E-state index is -0.450. The fourth-order valence-corrected chi connectivity index (χ4v) is 2.95. The monoisotopic (exact) mass is 369 g/mol. The maximum absolute atomic E-state index is 12.3. The Balaban J connectivity index is 1.69. The Bertz CT molecular complexity index is 851. The number of methoxy groups -OCH3 is 1. The molecule has 1 aliphatic heterocycles. The molecule has 1 saturated heterocycles. The van der Waals surface area contributed by atoms with Gasteiger partial charge >= 0.3 is 0 Å². The molecular formula is C19H23N5O3. The molecular weight excluding hydrogens is 346 g/mol. The summed E-state index contributed by atoms with van der Waals surface area (Å²) in [5.41, 5.74) is 0.599. The number of hydrogen-bond acceptors (Lipinski definition) is 7. The zero-order chi connectivity index (χ0) is 19.1. The quantitative estimate of drug-likeness (QED) is 0.712. The predicted octanol–water partition coefficient (Wildman–Crippen LogP) is 1.45. The minimum Gasteiger partial charge on any atom is -0.497 e. The van der Waals surface area contributed by atoms with Crippen LogP contribution in [0.1, 0.15) is 12.0 Å². The van der Waals surface area contributed by atoms with E-state index in [2.05, 4.69) is 20.2 Å². The van der Waals surface area contributed by atoms with Crippen molar-refractivity contribution >= 4 is 5.95 Å². The highest BCUT2D eigenvalue weighted by atomic mass is 16.5. The van der Waals surface area contributed by atoms with E-state index >= 15 is 0 Å². The second kappa shape index (κ2) is 9.16. The topological polar surface area (TPSA) is 103 Å². The summed E-state index contributed by atoms with van der Waals surface area (Å²) in [7, 11) is 1.58. The summed E-state index contributed by atoms with van der Waals surface area (Å²) >= 11 is 0. The number of nitrogens with one attached hydrogen (secondary N) is 2. The number of morpholine rings is 1. The zero-order valence-corrected chi connectivity index (χ0v) is 15.3. The zero-order valence-electron chi connectivity index (χ0n) is 15.3. The van der Waals surface area contributed by atoms with E-state index in [-0.39, 0.29) is 5.56 Å². The summed E-state index contributed by atoms with van der Waals surface area (Å²) in [6.07, 6.45) is 0.918. The van der Waals surface area contributed by atoms with Crippen LogP contribution in [0.4, 0.5) is 5.95 Å². The van der Waals surface area contributed by atoms with Gasteiger partial charge in [-0.05, 0) is 37.2 Å². The molecule has 0 unspecified atom stereocenters. The molecule has 1 aromatic heterocycles. The van der Waals surface area contributed by atoms with Crippen molar-refractivity contribution in [3.63, 3.8) is 0 Å². The molecule has 142 valence electrons. The number of H-pyrrole nitrogens is 1. The highest BCUT2D eigenvalue weighted by Crippen LogP contribution is 2.22. The number of aromatic amines is 1. The van der Waals surface area contributed by atoms with Crippen molar-refractivity contribution in [2.75, 3.05) is 51.8 Å². The third-order valence-electron chi connectivity index (χ3n) is 4.44. The minimum absolute atomic E-state index is 0.000895. The van der Waals surface area contributed by atoms with Gasteiger partial charge in [0.1, 0.15) is 17.4 Å². The second-order valence-electron chi connectivity index (χ2n) is 6.21. The lowest BCUT2D eigenvalue weighted by molar-refractivity contribution is 0.0378. The van der Waals surface area contributed by atoms with E-state index in [0.717, 1.165) is 39.3 Å². The van der Waals surface area contributed by atoms with Gasteiger partial charge in [-0.2, -0.15) is 5.26 Å². The molecule has 3 rings (SSSR count). The first kappa shape index (κ1) is 18.9. The maximum atomic E-state index is 12.3. The SMILES string of the molecule is COc1ccc(-c2nc(NCCCN3CCOCC3)[nH]c(=O)c2C#N)cc1. The van der Waals surface area contributed by atoms with Crippen molar-refractivity contribution in [1.29, 1.82) is 5.26 Å². The first-order valence-electron chi connectivity index (χ1n) is 8.94. The number of benzene rings is 1. The van der Waals surface area contributed by atoms with Crippen molar-refractivity contribution < 1.29 is 9.47 Å². The largest absolute Gasteiger partial charge is 0.497 e. The van der Waals surface area contributed by atoms with Crippen molar-refractivity contribution in [2.24, 2.45) is 0 Å². The number of nitrogens with zero attached hydrogens (tertiary/aromatic N) is 3. The van der Waals surface area contributed by atoms with Crippen molar-refractivity contribution in [3.05, 3.63) is 40.2 Å². The molecule has 0 radical (unpaired) electrons. The van der Waals surface area contributed by atoms with Crippen LogP contribution in [0.5, 0.6) is 5.75 Å². The molecule has 0 bridgehead atoms. The molecule has 8 nitrogen and oxygen atoms in total. The average molecular weight is 369 g/mol. The summed E-state index contributed by atoms with van der Waals surface area (Å²) < 4.78 is 10.5. The lowest BCUT2D eigenvalue weighted by Crippen LogP contribution is -2.37. The van der Waals surface area contributed by atoms with Crippen molar-refractivity contribution in [3.8, 4) is 23.1 Å². The molecule has 2 N–H and O–H groups in total. The van der Waals surface area contributed by atoms with Crippen LogP contribution in [0.25, 0.3) is 11.3 Å². The highest BCUT2D eigenvalue weighted by molar-refractivity contribution is 5.67. The number of hydrogen-bond donors (Lipinski definition) is 2. The molecule has 8 heteroatoms. The van der Waals surface area contributed by atoms with Gasteiger partial charge in [-0.25, -0.2) is 4.98 Å². The summed E-state index contributed by atoms with van der Waals surface area (Å²) in [5.74, 6) is 1.07. The maximum Gasteiger partial charge on any atom is 0.270 e. The normalized spacial score (nSPS) is 14.5. The van der Waals surface area contributed by atoms with Gasteiger partial charge in [0.25, 0.3) is 5.56 Å². The second-order valence-corrected chi connectivity index (χ2v) is 6.21. The van der Waals surface area contributed by atoms with E-state index in [1.165, 1.54) is 0 Å². The van der Waals surface area contributed by atoms with Crippen LogP contribution in [0.3, 0.4) is 0 Å². The molecule has 0 amide bonds. The summed E-state index contributed by atoms with van der Waals surface area (Å²) in [5, 5.41) is 12.5. The van der Waals surface area contributed by atoms with Gasteiger partial charge in [-0.1, -0.05) is 0 Å². The van der Waals surface area contributed by atoms with Gasteiger partial charge < -0.3 is 14.8 Å². The van der Waals surface area contributed by atoms with E-state index in [1.54, 1.807) is 31.4 Å². The smallest absolute Gasteiger partial charge is 0.270 e. The lowest BCUT2D eigenvalue weighted by atomic mass is 10.1. The van der Waals surface area contributed by atoms with E-state index in [4.69, 9.17) is 9.47 Å². The summed E-state index contributed by atoms with van der Waals surface area (Å²) in [4.78, 5) is 21.7. The average Bonchev–Trinajstić information content (AvgIpc) is 2.71. The number of aromatic nitrogens is 2. The third kappa shape index (κ3) is 4.84. The Kier molecular flexibility index (Phi) is 6.41. The Labute approximate surface area is 157 Å². The van der Waals surface area contributed by atoms with Crippen LogP contribution < -0.4 is 15.6 Å². The van der Waals surface area contributed by atoms with Gasteiger partial charge in [0.05, 0.1) is 26.0 Å². The van der Waals surface area contributed by atoms with Crippen LogP contribution in [-0.2, 0) is 4.74 Å². The fourth-order valence-electron chi connectivity index (χ4n) is 2.95. The van der Waals surface area contributed by atoms with Crippen LogP contribution in [0, 0.1) is 11.3 Å². The molecule has 2 heterocycles. The number of anilines is 1. The Morgan fingerprint density at radius 2 is 2.07 bits per heavy atom. The van der Waals surface area contributed by atoms with E-state index < -0.39 is 5.56 Å². The Morgan fingerprint density at radius 1 is 1.33 bits per heavy atom. The van der Waals surface area contributed by atoms with Crippen LogP contribution in [-0.4, -0.2) is 61.4 Å². The van der Waals surface area contributed by atoms with Crippen LogP contribution in [0.2, 0.25) is 0 Å². The number of nitriles is 1. The van der Waals surface area contributed by atoms with E-state index in [0.29, 0.717) is 29.5 Å².